The van der Waals surface area contributed by atoms with E-state index in [0.29, 0.717) is 23.2 Å². The molecule has 0 bridgehead atoms. The van der Waals surface area contributed by atoms with Crippen LogP contribution >= 0.6 is 11.8 Å². The topological polar surface area (TPSA) is 62.7 Å². The SMILES string of the molecule is CNc1nc(NC2CCCCC2)nc(SC(C)C)n1. The van der Waals surface area contributed by atoms with Crippen molar-refractivity contribution in [1.82, 2.24) is 15.0 Å². The molecule has 19 heavy (non-hydrogen) atoms. The Labute approximate surface area is 119 Å². The molecule has 0 aromatic carbocycles. The van der Waals surface area contributed by atoms with Gasteiger partial charge in [0.1, 0.15) is 0 Å². The summed E-state index contributed by atoms with van der Waals surface area (Å²) in [6, 6.07) is 0.512. The summed E-state index contributed by atoms with van der Waals surface area (Å²) in [6.45, 7) is 4.28. The van der Waals surface area contributed by atoms with Crippen LogP contribution < -0.4 is 10.6 Å². The van der Waals surface area contributed by atoms with Gasteiger partial charge in [-0.1, -0.05) is 44.9 Å². The van der Waals surface area contributed by atoms with Crippen LogP contribution in [0.3, 0.4) is 0 Å². The Kier molecular flexibility index (Phi) is 5.24. The first-order valence-corrected chi connectivity index (χ1v) is 7.92. The number of thioether (sulfide) groups is 1. The largest absolute Gasteiger partial charge is 0.357 e. The molecule has 5 nitrogen and oxygen atoms in total. The Hall–Kier alpha value is -1.04. The number of anilines is 2. The molecule has 1 saturated carbocycles. The van der Waals surface area contributed by atoms with Gasteiger partial charge in [0.25, 0.3) is 0 Å². The van der Waals surface area contributed by atoms with Gasteiger partial charge in [0.2, 0.25) is 11.9 Å². The lowest BCUT2D eigenvalue weighted by atomic mass is 9.96. The van der Waals surface area contributed by atoms with Gasteiger partial charge in [-0.3, -0.25) is 0 Å². The maximum absolute atomic E-state index is 4.51. The number of nitrogens with one attached hydrogen (secondary N) is 2. The van der Waals surface area contributed by atoms with E-state index in [0.717, 1.165) is 5.16 Å². The van der Waals surface area contributed by atoms with Gasteiger partial charge in [0.05, 0.1) is 0 Å². The van der Waals surface area contributed by atoms with E-state index in [4.69, 9.17) is 0 Å². The van der Waals surface area contributed by atoms with E-state index in [-0.39, 0.29) is 0 Å². The van der Waals surface area contributed by atoms with Crippen LogP contribution in [0.4, 0.5) is 11.9 Å². The monoisotopic (exact) mass is 281 g/mol. The highest BCUT2D eigenvalue weighted by Gasteiger charge is 2.15. The lowest BCUT2D eigenvalue weighted by molar-refractivity contribution is 0.460. The third-order valence-electron chi connectivity index (χ3n) is 3.12. The van der Waals surface area contributed by atoms with Crippen LogP contribution in [0, 0.1) is 0 Å². The highest BCUT2D eigenvalue weighted by atomic mass is 32.2. The van der Waals surface area contributed by atoms with Crippen molar-refractivity contribution in [2.45, 2.75) is 62.4 Å². The molecule has 0 atom stereocenters. The molecule has 0 radical (unpaired) electrons. The second-order valence-corrected chi connectivity index (χ2v) is 6.70. The Balaban J connectivity index is 2.09. The molecule has 1 fully saturated rings. The van der Waals surface area contributed by atoms with Gasteiger partial charge in [-0.25, -0.2) is 0 Å². The fourth-order valence-electron chi connectivity index (χ4n) is 2.23. The molecular weight excluding hydrogens is 258 g/mol. The molecule has 2 rings (SSSR count). The summed E-state index contributed by atoms with van der Waals surface area (Å²) in [5, 5.41) is 7.71. The first-order chi connectivity index (χ1) is 9.17. The van der Waals surface area contributed by atoms with Crippen LogP contribution in [0.1, 0.15) is 46.0 Å². The van der Waals surface area contributed by atoms with Gasteiger partial charge in [-0.2, -0.15) is 15.0 Å². The molecule has 0 aliphatic heterocycles. The summed E-state index contributed by atoms with van der Waals surface area (Å²) in [7, 11) is 1.84. The average molecular weight is 281 g/mol. The minimum atomic E-state index is 0.467. The molecule has 1 aromatic rings. The number of hydrogen-bond donors (Lipinski definition) is 2. The van der Waals surface area contributed by atoms with Crippen LogP contribution in [0.25, 0.3) is 0 Å². The van der Waals surface area contributed by atoms with Gasteiger partial charge >= 0.3 is 0 Å². The van der Waals surface area contributed by atoms with Crippen LogP contribution in [0.5, 0.6) is 0 Å². The van der Waals surface area contributed by atoms with Crippen molar-refractivity contribution >= 4 is 23.7 Å². The number of aromatic nitrogens is 3. The van der Waals surface area contributed by atoms with Crippen molar-refractivity contribution in [3.8, 4) is 0 Å². The molecule has 6 heteroatoms. The molecule has 2 N–H and O–H groups in total. The third kappa shape index (κ3) is 4.53. The Morgan fingerprint density at radius 2 is 1.74 bits per heavy atom. The van der Waals surface area contributed by atoms with Gasteiger partial charge < -0.3 is 10.6 Å². The van der Waals surface area contributed by atoms with Gasteiger partial charge in [0.15, 0.2) is 5.16 Å². The normalized spacial score (nSPS) is 16.6. The molecule has 1 aliphatic carbocycles. The first-order valence-electron chi connectivity index (χ1n) is 7.04. The molecular formula is C13H23N5S. The van der Waals surface area contributed by atoms with E-state index >= 15 is 0 Å². The van der Waals surface area contributed by atoms with E-state index in [2.05, 4.69) is 39.4 Å². The lowest BCUT2D eigenvalue weighted by Crippen LogP contribution is -2.24. The van der Waals surface area contributed by atoms with Gasteiger partial charge in [-0.15, -0.1) is 0 Å². The molecule has 1 aliphatic rings. The van der Waals surface area contributed by atoms with Gasteiger partial charge in [0, 0.05) is 18.3 Å². The maximum Gasteiger partial charge on any atom is 0.228 e. The summed E-state index contributed by atoms with van der Waals surface area (Å²) in [6.07, 6.45) is 6.39. The van der Waals surface area contributed by atoms with E-state index in [1.54, 1.807) is 11.8 Å². The molecule has 0 spiro atoms. The van der Waals surface area contributed by atoms with Crippen molar-refractivity contribution in [2.75, 3.05) is 17.7 Å². The second kappa shape index (κ2) is 6.93. The summed E-state index contributed by atoms with van der Waals surface area (Å²) < 4.78 is 0. The number of nitrogens with zero attached hydrogens (tertiary/aromatic N) is 3. The molecule has 0 amide bonds. The highest BCUT2D eigenvalue weighted by Crippen LogP contribution is 2.23. The molecule has 0 saturated heterocycles. The summed E-state index contributed by atoms with van der Waals surface area (Å²) in [5.74, 6) is 1.34. The smallest absolute Gasteiger partial charge is 0.228 e. The minimum Gasteiger partial charge on any atom is -0.357 e. The van der Waals surface area contributed by atoms with Crippen LogP contribution in [0.2, 0.25) is 0 Å². The van der Waals surface area contributed by atoms with Gasteiger partial charge in [-0.05, 0) is 12.8 Å². The van der Waals surface area contributed by atoms with E-state index in [1.165, 1.54) is 32.1 Å². The van der Waals surface area contributed by atoms with Crippen LogP contribution in [-0.4, -0.2) is 33.3 Å². The second-order valence-electron chi connectivity index (χ2n) is 5.16. The number of rotatable bonds is 5. The lowest BCUT2D eigenvalue weighted by Gasteiger charge is -2.22. The molecule has 0 unspecified atom stereocenters. The van der Waals surface area contributed by atoms with Crippen molar-refractivity contribution in [3.63, 3.8) is 0 Å². The summed E-state index contributed by atoms with van der Waals surface area (Å²) in [4.78, 5) is 13.3. The summed E-state index contributed by atoms with van der Waals surface area (Å²) >= 11 is 1.66. The van der Waals surface area contributed by atoms with E-state index < -0.39 is 0 Å². The van der Waals surface area contributed by atoms with Crippen molar-refractivity contribution in [3.05, 3.63) is 0 Å². The van der Waals surface area contributed by atoms with Crippen molar-refractivity contribution < 1.29 is 0 Å². The third-order valence-corrected chi connectivity index (χ3v) is 3.98. The predicted octanol–water partition coefficient (Wildman–Crippen LogP) is 3.16. The van der Waals surface area contributed by atoms with E-state index in [9.17, 15) is 0 Å². The zero-order chi connectivity index (χ0) is 13.7. The Morgan fingerprint density at radius 3 is 2.37 bits per heavy atom. The van der Waals surface area contributed by atoms with Crippen LogP contribution in [0.15, 0.2) is 5.16 Å². The predicted molar refractivity (Wildman–Crippen MR) is 80.9 cm³/mol. The molecule has 1 heterocycles. The number of hydrogen-bond acceptors (Lipinski definition) is 6. The highest BCUT2D eigenvalue weighted by molar-refractivity contribution is 7.99. The fourth-order valence-corrected chi connectivity index (χ4v) is 2.93. The van der Waals surface area contributed by atoms with Crippen molar-refractivity contribution in [1.29, 1.82) is 0 Å². The van der Waals surface area contributed by atoms with E-state index in [1.807, 2.05) is 7.05 Å². The maximum atomic E-state index is 4.51. The zero-order valence-electron chi connectivity index (χ0n) is 11.9. The Morgan fingerprint density at radius 1 is 1.05 bits per heavy atom. The standard InChI is InChI=1S/C13H23N5S/c1-9(2)19-13-17-11(14-3)16-12(18-13)15-10-7-5-4-6-8-10/h9-10H,4-8H2,1-3H3,(H2,14,15,16,17,18). The fraction of sp³-hybridized carbons (Fsp3) is 0.769. The molecule has 1 aromatic heterocycles. The zero-order valence-corrected chi connectivity index (χ0v) is 12.8. The average Bonchev–Trinajstić information content (AvgIpc) is 2.38. The summed E-state index contributed by atoms with van der Waals surface area (Å²) in [5.41, 5.74) is 0. The quantitative estimate of drug-likeness (QED) is 0.808. The minimum absolute atomic E-state index is 0.467. The first kappa shape index (κ1) is 14.4. The Bertz CT molecular complexity index is 404. The molecule has 106 valence electrons. The van der Waals surface area contributed by atoms with Crippen molar-refractivity contribution in [2.24, 2.45) is 0 Å². The van der Waals surface area contributed by atoms with Crippen LogP contribution in [-0.2, 0) is 0 Å².